The minimum Gasteiger partial charge on any atom is -0.439 e. The van der Waals surface area contributed by atoms with Gasteiger partial charge >= 0.3 is 0 Å². The summed E-state index contributed by atoms with van der Waals surface area (Å²) in [6.07, 6.45) is 3.44. The van der Waals surface area contributed by atoms with E-state index in [9.17, 15) is 4.79 Å². The van der Waals surface area contributed by atoms with E-state index in [1.165, 1.54) is 5.56 Å². The molecule has 8 nitrogen and oxygen atoms in total. The average Bonchev–Trinajstić information content (AvgIpc) is 3.31. The second-order valence-electron chi connectivity index (χ2n) is 8.35. The molecule has 0 bridgehead atoms. The smallest absolute Gasteiger partial charge is 0.225 e. The van der Waals surface area contributed by atoms with E-state index < -0.39 is 0 Å². The molecule has 8 heteroatoms. The molecule has 1 aromatic carbocycles. The molecule has 0 atom stereocenters. The van der Waals surface area contributed by atoms with Crippen LogP contribution in [0.3, 0.4) is 0 Å². The number of nitrogens with one attached hydrogen (secondary N) is 1. The molecule has 4 rings (SSSR count). The Balaban J connectivity index is 1.34. The first-order valence-electron chi connectivity index (χ1n) is 11.6. The summed E-state index contributed by atoms with van der Waals surface area (Å²) in [6, 6.07) is 8.20. The van der Waals surface area contributed by atoms with Crippen molar-refractivity contribution in [3.8, 4) is 11.3 Å². The summed E-state index contributed by atoms with van der Waals surface area (Å²) in [6.45, 7) is 9.63. The Morgan fingerprint density at radius 2 is 1.84 bits per heavy atom. The van der Waals surface area contributed by atoms with Gasteiger partial charge in [0.15, 0.2) is 11.7 Å². The fourth-order valence-electron chi connectivity index (χ4n) is 4.18. The van der Waals surface area contributed by atoms with Crippen LogP contribution in [-0.4, -0.2) is 72.6 Å². The van der Waals surface area contributed by atoms with E-state index in [4.69, 9.17) is 14.1 Å². The number of guanidine groups is 1. The van der Waals surface area contributed by atoms with Gasteiger partial charge in [-0.15, -0.1) is 0 Å². The largest absolute Gasteiger partial charge is 0.439 e. The minimum absolute atomic E-state index is 0.0936. The van der Waals surface area contributed by atoms with Crippen molar-refractivity contribution >= 4 is 11.9 Å². The number of aromatic nitrogens is 1. The highest BCUT2D eigenvalue weighted by Crippen LogP contribution is 2.22. The molecule has 0 spiro atoms. The summed E-state index contributed by atoms with van der Waals surface area (Å²) in [5, 5.41) is 3.37. The zero-order valence-electron chi connectivity index (χ0n) is 19.0. The van der Waals surface area contributed by atoms with Crippen LogP contribution in [-0.2, 0) is 16.1 Å². The second-order valence-corrected chi connectivity index (χ2v) is 8.35. The van der Waals surface area contributed by atoms with Crippen molar-refractivity contribution in [3.05, 3.63) is 41.9 Å². The lowest BCUT2D eigenvalue weighted by Crippen LogP contribution is -2.50. The van der Waals surface area contributed by atoms with Gasteiger partial charge in [0.05, 0.1) is 19.4 Å². The number of piperidine rings is 1. The van der Waals surface area contributed by atoms with Gasteiger partial charge in [0.25, 0.3) is 0 Å². The Morgan fingerprint density at radius 1 is 1.12 bits per heavy atom. The molecule has 2 fully saturated rings. The number of morpholine rings is 1. The number of carbonyl (C=O) groups is 1. The summed E-state index contributed by atoms with van der Waals surface area (Å²) < 4.78 is 11.3. The molecule has 1 amide bonds. The maximum absolute atomic E-state index is 12.8. The molecule has 1 aromatic heterocycles. The highest BCUT2D eigenvalue weighted by molar-refractivity contribution is 5.82. The van der Waals surface area contributed by atoms with Gasteiger partial charge in [-0.3, -0.25) is 4.79 Å². The molecule has 2 aliphatic heterocycles. The zero-order valence-corrected chi connectivity index (χ0v) is 19.0. The molecule has 172 valence electrons. The molecule has 3 heterocycles. The Bertz CT molecular complexity index is 910. The lowest BCUT2D eigenvalue weighted by molar-refractivity contribution is -0.140. The SMILES string of the molecule is CCNC(=NCc1ncc(-c2ccc(C)cc2)o1)N1CCC(C(=O)N2CCOCC2)CC1. The third-order valence-corrected chi connectivity index (χ3v) is 6.06. The second kappa shape index (κ2) is 10.6. The Labute approximate surface area is 189 Å². The fraction of sp³-hybridized carbons (Fsp3) is 0.542. The minimum atomic E-state index is 0.0936. The standard InChI is InChI=1S/C24H33N5O3/c1-3-25-24(27-17-22-26-16-21(32-22)19-6-4-18(2)5-7-19)29-10-8-20(9-11-29)23(30)28-12-14-31-15-13-28/h4-7,16,20H,3,8-15,17H2,1-2H3,(H,25,27). The molecular formula is C24H33N5O3. The van der Waals surface area contributed by atoms with Gasteiger partial charge in [-0.2, -0.15) is 0 Å². The van der Waals surface area contributed by atoms with Gasteiger partial charge in [-0.25, -0.2) is 9.98 Å². The molecule has 2 aromatic rings. The number of aryl methyl sites for hydroxylation is 1. The van der Waals surface area contributed by atoms with Crippen molar-refractivity contribution in [1.82, 2.24) is 20.1 Å². The van der Waals surface area contributed by atoms with E-state index in [0.29, 0.717) is 38.7 Å². The van der Waals surface area contributed by atoms with E-state index in [0.717, 1.165) is 49.8 Å². The molecule has 1 N–H and O–H groups in total. The van der Waals surface area contributed by atoms with Gasteiger partial charge in [0.2, 0.25) is 11.8 Å². The summed E-state index contributed by atoms with van der Waals surface area (Å²) in [4.78, 5) is 26.1. The maximum atomic E-state index is 12.8. The molecule has 32 heavy (non-hydrogen) atoms. The summed E-state index contributed by atoms with van der Waals surface area (Å²) in [5.41, 5.74) is 2.22. The van der Waals surface area contributed by atoms with Crippen molar-refractivity contribution in [2.24, 2.45) is 10.9 Å². The predicted octanol–water partition coefficient (Wildman–Crippen LogP) is 2.69. The molecule has 2 saturated heterocycles. The Morgan fingerprint density at radius 3 is 2.53 bits per heavy atom. The topological polar surface area (TPSA) is 83.2 Å². The predicted molar refractivity (Wildman–Crippen MR) is 123 cm³/mol. The van der Waals surface area contributed by atoms with Crippen molar-refractivity contribution < 1.29 is 13.9 Å². The molecule has 0 radical (unpaired) electrons. The summed E-state index contributed by atoms with van der Waals surface area (Å²) >= 11 is 0. The van der Waals surface area contributed by atoms with E-state index in [1.54, 1.807) is 6.20 Å². The number of rotatable bonds is 5. The number of nitrogens with zero attached hydrogens (tertiary/aromatic N) is 4. The quantitative estimate of drug-likeness (QED) is 0.570. The van der Waals surface area contributed by atoms with Crippen LogP contribution in [0.2, 0.25) is 0 Å². The molecular weight excluding hydrogens is 406 g/mol. The first-order valence-corrected chi connectivity index (χ1v) is 11.6. The number of benzene rings is 1. The monoisotopic (exact) mass is 439 g/mol. The van der Waals surface area contributed by atoms with Crippen LogP contribution in [0.25, 0.3) is 11.3 Å². The van der Waals surface area contributed by atoms with Crippen LogP contribution in [0.15, 0.2) is 39.9 Å². The lowest BCUT2D eigenvalue weighted by Gasteiger charge is -2.36. The van der Waals surface area contributed by atoms with Gasteiger partial charge in [-0.05, 0) is 26.7 Å². The van der Waals surface area contributed by atoms with Gasteiger partial charge in [0.1, 0.15) is 6.54 Å². The Hall–Kier alpha value is -2.87. The maximum Gasteiger partial charge on any atom is 0.225 e. The van der Waals surface area contributed by atoms with Crippen LogP contribution >= 0.6 is 0 Å². The normalized spacial score (nSPS) is 18.1. The Kier molecular flexibility index (Phi) is 7.42. The van der Waals surface area contributed by atoms with Crippen LogP contribution in [0.4, 0.5) is 0 Å². The third kappa shape index (κ3) is 5.48. The van der Waals surface area contributed by atoms with Gasteiger partial charge in [-0.1, -0.05) is 29.8 Å². The number of ether oxygens (including phenoxy) is 1. The first kappa shape index (κ1) is 22.3. The molecule has 0 saturated carbocycles. The first-order chi connectivity index (χ1) is 15.6. The van der Waals surface area contributed by atoms with E-state index in [2.05, 4.69) is 41.2 Å². The fourth-order valence-corrected chi connectivity index (χ4v) is 4.18. The van der Waals surface area contributed by atoms with E-state index in [-0.39, 0.29) is 11.8 Å². The highest BCUT2D eigenvalue weighted by Gasteiger charge is 2.30. The lowest BCUT2D eigenvalue weighted by atomic mass is 9.95. The number of likely N-dealkylation sites (tertiary alicyclic amines) is 1. The number of hydrogen-bond donors (Lipinski definition) is 1. The third-order valence-electron chi connectivity index (χ3n) is 6.06. The van der Waals surface area contributed by atoms with Crippen LogP contribution in [0.1, 0.15) is 31.2 Å². The van der Waals surface area contributed by atoms with Crippen LogP contribution in [0, 0.1) is 12.8 Å². The molecule has 0 aliphatic carbocycles. The number of carbonyl (C=O) groups excluding carboxylic acids is 1. The number of aliphatic imine (C=N–C) groups is 1. The zero-order chi connectivity index (χ0) is 22.3. The van der Waals surface area contributed by atoms with Crippen molar-refractivity contribution in [2.75, 3.05) is 45.9 Å². The number of amides is 1. The van der Waals surface area contributed by atoms with E-state index >= 15 is 0 Å². The van der Waals surface area contributed by atoms with Crippen molar-refractivity contribution in [2.45, 2.75) is 33.2 Å². The average molecular weight is 440 g/mol. The van der Waals surface area contributed by atoms with Gasteiger partial charge < -0.3 is 24.3 Å². The molecule has 0 unspecified atom stereocenters. The summed E-state index contributed by atoms with van der Waals surface area (Å²) in [7, 11) is 0. The van der Waals surface area contributed by atoms with Crippen LogP contribution < -0.4 is 5.32 Å². The molecule has 2 aliphatic rings. The van der Waals surface area contributed by atoms with Crippen LogP contribution in [0.5, 0.6) is 0 Å². The van der Waals surface area contributed by atoms with Gasteiger partial charge in [0, 0.05) is 44.2 Å². The number of hydrogen-bond acceptors (Lipinski definition) is 5. The van der Waals surface area contributed by atoms with E-state index in [1.807, 2.05) is 17.0 Å². The van der Waals surface area contributed by atoms with Crippen molar-refractivity contribution in [3.63, 3.8) is 0 Å². The summed E-state index contributed by atoms with van der Waals surface area (Å²) in [5.74, 6) is 2.56. The number of oxazole rings is 1. The van der Waals surface area contributed by atoms with Crippen molar-refractivity contribution in [1.29, 1.82) is 0 Å². The highest BCUT2D eigenvalue weighted by atomic mass is 16.5.